The van der Waals surface area contributed by atoms with E-state index in [1.807, 2.05) is 36.4 Å². The normalized spacial score (nSPS) is 13.1. The third kappa shape index (κ3) is 9.69. The van der Waals surface area contributed by atoms with Gasteiger partial charge in [-0.2, -0.15) is 0 Å². The standard InChI is InChI=1S/C75H54N4/c1-3-4-22-51(2)62-45-63(55-29-16-8-17-30-55)47-64(46-62)74-76-73(60-31-18-9-19-32-60)77-75(78-74)65-49-67(58-39-35-56(36-40-58)52-23-10-5-11-24-52)72(68(50-65)59-41-37-57(38-42-59)53-25-12-6-13-26-53)79-70-34-21-20-33-66(70)69-48-61(43-44-71(69)79)54-27-14-7-15-28-54/h3-25,27-50,53H,1-2,26H2/b22-4-. The average Bonchev–Trinajstić information content (AvgIpc) is 4.09. The fraction of sp³-hybridized carbons (Fsp3) is 0.0267. The van der Waals surface area contributed by atoms with E-state index in [9.17, 15) is 0 Å². The largest absolute Gasteiger partial charge is 0.308 e. The zero-order valence-electron chi connectivity index (χ0n) is 43.6. The molecule has 0 saturated carbocycles. The van der Waals surface area contributed by atoms with Gasteiger partial charge in [-0.1, -0.05) is 250 Å². The topological polar surface area (TPSA) is 43.6 Å². The van der Waals surface area contributed by atoms with Gasteiger partial charge in [0, 0.05) is 44.5 Å². The monoisotopic (exact) mass is 1010 g/mol. The van der Waals surface area contributed by atoms with Crippen LogP contribution < -0.4 is 0 Å². The molecule has 0 saturated heterocycles. The Morgan fingerprint density at radius 1 is 0.418 bits per heavy atom. The summed E-state index contributed by atoms with van der Waals surface area (Å²) in [5, 5.41) is 2.36. The molecule has 4 heteroatoms. The molecule has 0 radical (unpaired) electrons. The van der Waals surface area contributed by atoms with Crippen molar-refractivity contribution in [1.82, 2.24) is 19.5 Å². The molecule has 79 heavy (non-hydrogen) atoms. The molecule has 1 aliphatic rings. The van der Waals surface area contributed by atoms with Crippen molar-refractivity contribution >= 4 is 27.4 Å². The van der Waals surface area contributed by atoms with Crippen molar-refractivity contribution in [2.45, 2.75) is 12.3 Å². The molecule has 4 nitrogen and oxygen atoms in total. The molecule has 374 valence electrons. The Morgan fingerprint density at radius 3 is 1.51 bits per heavy atom. The molecule has 1 unspecified atom stereocenters. The Labute approximate surface area is 461 Å². The molecule has 0 spiro atoms. The van der Waals surface area contributed by atoms with Crippen LogP contribution >= 0.6 is 0 Å². The van der Waals surface area contributed by atoms with E-state index in [1.54, 1.807) is 6.08 Å². The molecule has 12 aromatic rings. The van der Waals surface area contributed by atoms with E-state index in [4.69, 9.17) is 15.0 Å². The molecule has 1 atom stereocenters. The highest BCUT2D eigenvalue weighted by molar-refractivity contribution is 6.12. The predicted octanol–water partition coefficient (Wildman–Crippen LogP) is 19.7. The number of benzene rings is 10. The molecule has 0 bridgehead atoms. The van der Waals surface area contributed by atoms with Crippen molar-refractivity contribution in [2.24, 2.45) is 0 Å². The first-order valence-electron chi connectivity index (χ1n) is 26.9. The van der Waals surface area contributed by atoms with Gasteiger partial charge in [0.05, 0.1) is 16.7 Å². The van der Waals surface area contributed by atoms with Gasteiger partial charge < -0.3 is 4.57 Å². The van der Waals surface area contributed by atoms with Gasteiger partial charge in [0.25, 0.3) is 0 Å². The maximum Gasteiger partial charge on any atom is 0.164 e. The number of allylic oxidation sites excluding steroid dienone is 8. The number of nitrogens with zero attached hydrogens (tertiary/aromatic N) is 4. The molecule has 2 aromatic heterocycles. The van der Waals surface area contributed by atoms with Crippen molar-refractivity contribution in [3.63, 3.8) is 0 Å². The highest BCUT2D eigenvalue weighted by atomic mass is 15.0. The summed E-state index contributed by atoms with van der Waals surface area (Å²) in [6, 6.07) is 86.9. The highest BCUT2D eigenvalue weighted by Crippen LogP contribution is 2.45. The van der Waals surface area contributed by atoms with Crippen LogP contribution in [0.15, 0.2) is 298 Å². The molecular formula is C75H54N4. The van der Waals surface area contributed by atoms with Crippen molar-refractivity contribution in [3.05, 3.63) is 309 Å². The molecular weight excluding hydrogens is 957 g/mol. The van der Waals surface area contributed by atoms with Gasteiger partial charge in [0.15, 0.2) is 17.5 Å². The zero-order valence-corrected chi connectivity index (χ0v) is 43.6. The second-order valence-corrected chi connectivity index (χ2v) is 20.0. The molecule has 0 N–H and O–H groups in total. The third-order valence-electron chi connectivity index (χ3n) is 15.1. The minimum Gasteiger partial charge on any atom is -0.308 e. The lowest BCUT2D eigenvalue weighted by Gasteiger charge is -2.22. The van der Waals surface area contributed by atoms with Crippen LogP contribution in [-0.2, 0) is 0 Å². The van der Waals surface area contributed by atoms with E-state index in [0.29, 0.717) is 23.4 Å². The van der Waals surface area contributed by atoms with Gasteiger partial charge >= 0.3 is 0 Å². The Balaban J connectivity index is 1.10. The summed E-state index contributed by atoms with van der Waals surface area (Å²) < 4.78 is 2.49. The summed E-state index contributed by atoms with van der Waals surface area (Å²) >= 11 is 0. The molecule has 0 amide bonds. The predicted molar refractivity (Wildman–Crippen MR) is 332 cm³/mol. The summed E-state index contributed by atoms with van der Waals surface area (Å²) in [7, 11) is 0. The fourth-order valence-electron chi connectivity index (χ4n) is 11.0. The van der Waals surface area contributed by atoms with E-state index >= 15 is 0 Å². The van der Waals surface area contributed by atoms with Crippen LogP contribution in [0.1, 0.15) is 23.5 Å². The first-order valence-corrected chi connectivity index (χ1v) is 26.9. The Bertz CT molecular complexity index is 4320. The van der Waals surface area contributed by atoms with Gasteiger partial charge in [-0.15, -0.1) is 0 Å². The molecule has 10 aromatic carbocycles. The first kappa shape index (κ1) is 48.4. The van der Waals surface area contributed by atoms with Crippen LogP contribution in [0.2, 0.25) is 0 Å². The van der Waals surface area contributed by atoms with Crippen LogP contribution in [0.5, 0.6) is 0 Å². The maximum absolute atomic E-state index is 5.52. The van der Waals surface area contributed by atoms with Crippen molar-refractivity contribution in [3.8, 4) is 95.5 Å². The average molecular weight is 1010 g/mol. The number of hydrogen-bond donors (Lipinski definition) is 0. The molecule has 1 aliphatic carbocycles. The van der Waals surface area contributed by atoms with Crippen molar-refractivity contribution in [1.29, 1.82) is 0 Å². The van der Waals surface area contributed by atoms with Gasteiger partial charge in [0.1, 0.15) is 0 Å². The van der Waals surface area contributed by atoms with Gasteiger partial charge in [-0.05, 0) is 116 Å². The lowest BCUT2D eigenvalue weighted by Crippen LogP contribution is -2.04. The summed E-state index contributed by atoms with van der Waals surface area (Å²) in [6.07, 6.45) is 15.5. The third-order valence-corrected chi connectivity index (χ3v) is 15.1. The number of fused-ring (bicyclic) bond motifs is 3. The SMILES string of the molecule is C=C/C=C\C(=C)c1cc(-c2ccccc2)cc(-c2nc(-c3ccccc3)nc(-c3cc(-c4ccc(-c5ccccc5)cc4)c(-n4c5ccccc5c5cc(-c6ccccc6)ccc54)c(-c4ccc(C5C=CC=CC5)cc4)c3)n2)c1. The molecule has 0 aliphatic heterocycles. The number of hydrogen-bond acceptors (Lipinski definition) is 3. The second kappa shape index (κ2) is 21.4. The smallest absolute Gasteiger partial charge is 0.164 e. The lowest BCUT2D eigenvalue weighted by atomic mass is 9.89. The second-order valence-electron chi connectivity index (χ2n) is 20.0. The van der Waals surface area contributed by atoms with E-state index in [2.05, 4.69) is 260 Å². The molecule has 0 fully saturated rings. The molecule has 13 rings (SSSR count). The Kier molecular flexibility index (Phi) is 13.1. The zero-order chi connectivity index (χ0) is 53.1. The van der Waals surface area contributed by atoms with E-state index < -0.39 is 0 Å². The maximum atomic E-state index is 5.52. The number of aromatic nitrogens is 4. The van der Waals surface area contributed by atoms with Crippen LogP contribution in [0.3, 0.4) is 0 Å². The first-order chi connectivity index (χ1) is 39.0. The Hall–Kier alpha value is -10.3. The van der Waals surface area contributed by atoms with Gasteiger partial charge in [0.2, 0.25) is 0 Å². The van der Waals surface area contributed by atoms with Crippen LogP contribution in [0.25, 0.3) is 123 Å². The van der Waals surface area contributed by atoms with Crippen LogP contribution in [0, 0.1) is 0 Å². The van der Waals surface area contributed by atoms with E-state index in [1.165, 1.54) is 27.5 Å². The summed E-state index contributed by atoms with van der Waals surface area (Å²) in [5.41, 5.74) is 19.9. The van der Waals surface area contributed by atoms with Crippen LogP contribution in [0.4, 0.5) is 0 Å². The number of para-hydroxylation sites is 1. The van der Waals surface area contributed by atoms with Gasteiger partial charge in [-0.25, -0.2) is 15.0 Å². The lowest BCUT2D eigenvalue weighted by molar-refractivity contribution is 0.854. The van der Waals surface area contributed by atoms with Crippen molar-refractivity contribution in [2.75, 3.05) is 0 Å². The van der Waals surface area contributed by atoms with E-state index in [-0.39, 0.29) is 0 Å². The van der Waals surface area contributed by atoms with E-state index in [0.717, 1.165) is 95.5 Å². The summed E-state index contributed by atoms with van der Waals surface area (Å²) in [4.78, 5) is 16.2. The Morgan fingerprint density at radius 2 is 0.899 bits per heavy atom. The highest BCUT2D eigenvalue weighted by Gasteiger charge is 2.24. The van der Waals surface area contributed by atoms with Crippen LogP contribution in [-0.4, -0.2) is 19.5 Å². The van der Waals surface area contributed by atoms with Crippen molar-refractivity contribution < 1.29 is 0 Å². The quantitative estimate of drug-likeness (QED) is 0.108. The van der Waals surface area contributed by atoms with Gasteiger partial charge in [-0.3, -0.25) is 0 Å². The fourth-order valence-corrected chi connectivity index (χ4v) is 11.0. The number of rotatable bonds is 13. The minimum absolute atomic E-state index is 0.302. The minimum atomic E-state index is 0.302. The summed E-state index contributed by atoms with van der Waals surface area (Å²) in [5.74, 6) is 1.99. The molecule has 2 heterocycles. The summed E-state index contributed by atoms with van der Waals surface area (Å²) in [6.45, 7) is 8.41.